The summed E-state index contributed by atoms with van der Waals surface area (Å²) in [6.07, 6.45) is 2.09. The van der Waals surface area contributed by atoms with Crippen molar-refractivity contribution in [2.24, 2.45) is 13.0 Å². The van der Waals surface area contributed by atoms with E-state index in [0.717, 1.165) is 42.3 Å². The third-order valence-corrected chi connectivity index (χ3v) is 3.07. The molecule has 3 nitrogen and oxygen atoms in total. The van der Waals surface area contributed by atoms with E-state index in [9.17, 15) is 0 Å². The van der Waals surface area contributed by atoms with Gasteiger partial charge in [-0.15, -0.1) is 0 Å². The largest absolute Gasteiger partial charge is 0.316 e. The Kier molecular flexibility index (Phi) is 5.29. The molecule has 1 aromatic heterocycles. The molecule has 0 aliphatic heterocycles. The highest BCUT2D eigenvalue weighted by atomic mass is 35.5. The summed E-state index contributed by atoms with van der Waals surface area (Å²) >= 11 is 6.17. The third-order valence-electron chi connectivity index (χ3n) is 2.58. The number of nitrogens with one attached hydrogen (secondary N) is 1. The van der Waals surface area contributed by atoms with Crippen molar-refractivity contribution in [3.63, 3.8) is 0 Å². The molecule has 0 unspecified atom stereocenters. The molecule has 1 rings (SSSR count). The number of halogens is 1. The van der Waals surface area contributed by atoms with Crippen LogP contribution in [0.4, 0.5) is 0 Å². The van der Waals surface area contributed by atoms with Crippen LogP contribution in [0.2, 0.25) is 5.02 Å². The van der Waals surface area contributed by atoms with Crippen LogP contribution in [-0.2, 0) is 13.5 Å². The Labute approximate surface area is 103 Å². The zero-order valence-corrected chi connectivity index (χ0v) is 11.4. The predicted molar refractivity (Wildman–Crippen MR) is 69.0 cm³/mol. The molecule has 0 fully saturated rings. The van der Waals surface area contributed by atoms with Gasteiger partial charge in [0.05, 0.1) is 16.4 Å². The van der Waals surface area contributed by atoms with E-state index in [2.05, 4.69) is 24.3 Å². The molecule has 92 valence electrons. The normalized spacial score (nSPS) is 11.4. The minimum atomic E-state index is 0.711. The maximum atomic E-state index is 6.17. The highest BCUT2D eigenvalue weighted by molar-refractivity contribution is 6.31. The molecule has 4 heteroatoms. The van der Waals surface area contributed by atoms with Gasteiger partial charge in [0, 0.05) is 7.05 Å². The van der Waals surface area contributed by atoms with E-state index in [1.165, 1.54) is 0 Å². The zero-order chi connectivity index (χ0) is 12.1. The van der Waals surface area contributed by atoms with Gasteiger partial charge in [-0.05, 0) is 38.8 Å². The summed E-state index contributed by atoms with van der Waals surface area (Å²) in [6, 6.07) is 0. The first-order valence-electron chi connectivity index (χ1n) is 5.91. The van der Waals surface area contributed by atoms with Crippen LogP contribution >= 0.6 is 11.6 Å². The zero-order valence-electron chi connectivity index (χ0n) is 10.7. The van der Waals surface area contributed by atoms with Crippen LogP contribution in [0.15, 0.2) is 0 Å². The summed E-state index contributed by atoms with van der Waals surface area (Å²) < 4.78 is 1.89. The van der Waals surface area contributed by atoms with Gasteiger partial charge >= 0.3 is 0 Å². The fourth-order valence-corrected chi connectivity index (χ4v) is 1.98. The Hall–Kier alpha value is -0.540. The third kappa shape index (κ3) is 3.80. The second kappa shape index (κ2) is 6.26. The van der Waals surface area contributed by atoms with Crippen LogP contribution in [0.25, 0.3) is 0 Å². The molecule has 0 saturated carbocycles. The lowest BCUT2D eigenvalue weighted by Crippen LogP contribution is -2.21. The van der Waals surface area contributed by atoms with E-state index < -0.39 is 0 Å². The van der Waals surface area contributed by atoms with Gasteiger partial charge in [-0.2, -0.15) is 5.10 Å². The first-order valence-corrected chi connectivity index (χ1v) is 6.28. The summed E-state index contributed by atoms with van der Waals surface area (Å²) in [6.45, 7) is 8.50. The topological polar surface area (TPSA) is 29.9 Å². The molecule has 0 aromatic carbocycles. The van der Waals surface area contributed by atoms with Gasteiger partial charge in [-0.3, -0.25) is 4.68 Å². The highest BCUT2D eigenvalue weighted by Gasteiger charge is 2.09. The van der Waals surface area contributed by atoms with Gasteiger partial charge in [0.2, 0.25) is 0 Å². The molecule has 0 bridgehead atoms. The number of aryl methyl sites for hydroxylation is 2. The minimum absolute atomic E-state index is 0.711. The summed E-state index contributed by atoms with van der Waals surface area (Å²) in [5.41, 5.74) is 2.07. The van der Waals surface area contributed by atoms with Crippen LogP contribution < -0.4 is 5.32 Å². The molecule has 1 heterocycles. The van der Waals surface area contributed by atoms with E-state index in [-0.39, 0.29) is 0 Å². The van der Waals surface area contributed by atoms with Crippen molar-refractivity contribution in [2.75, 3.05) is 13.1 Å². The van der Waals surface area contributed by atoms with Gasteiger partial charge in [0.25, 0.3) is 0 Å². The summed E-state index contributed by atoms with van der Waals surface area (Å²) in [7, 11) is 1.95. The molecule has 0 atom stereocenters. The molecular formula is C12H22ClN3. The standard InChI is InChI=1S/C12H22ClN3/c1-9(2)8-14-7-5-6-11-12(13)10(3)15-16(11)4/h9,14H,5-8H2,1-4H3. The monoisotopic (exact) mass is 243 g/mol. The van der Waals surface area contributed by atoms with Crippen LogP contribution in [0.5, 0.6) is 0 Å². The molecule has 0 amide bonds. The summed E-state index contributed by atoms with van der Waals surface area (Å²) in [5.74, 6) is 0.711. The van der Waals surface area contributed by atoms with Gasteiger partial charge < -0.3 is 5.32 Å². The lowest BCUT2D eigenvalue weighted by molar-refractivity contribution is 0.538. The predicted octanol–water partition coefficient (Wildman–Crippen LogP) is 2.56. The van der Waals surface area contributed by atoms with Gasteiger partial charge in [-0.1, -0.05) is 25.4 Å². The number of hydrogen-bond donors (Lipinski definition) is 1. The Morgan fingerprint density at radius 3 is 2.62 bits per heavy atom. The van der Waals surface area contributed by atoms with E-state index >= 15 is 0 Å². The average molecular weight is 244 g/mol. The van der Waals surface area contributed by atoms with E-state index in [1.807, 2.05) is 18.7 Å². The summed E-state index contributed by atoms with van der Waals surface area (Å²) in [5, 5.41) is 8.56. The maximum absolute atomic E-state index is 6.17. The fourth-order valence-electron chi connectivity index (χ4n) is 1.72. The lowest BCUT2D eigenvalue weighted by Gasteiger charge is -2.07. The first-order chi connectivity index (χ1) is 7.52. The smallest absolute Gasteiger partial charge is 0.0846 e. The fraction of sp³-hybridized carbons (Fsp3) is 0.750. The van der Waals surface area contributed by atoms with Crippen molar-refractivity contribution in [1.82, 2.24) is 15.1 Å². The Balaban J connectivity index is 2.32. The van der Waals surface area contributed by atoms with Gasteiger partial charge in [0.1, 0.15) is 0 Å². The second-order valence-electron chi connectivity index (χ2n) is 4.67. The van der Waals surface area contributed by atoms with Crippen molar-refractivity contribution in [3.05, 3.63) is 16.4 Å². The number of nitrogens with zero attached hydrogens (tertiary/aromatic N) is 2. The minimum Gasteiger partial charge on any atom is -0.316 e. The molecule has 16 heavy (non-hydrogen) atoms. The quantitative estimate of drug-likeness (QED) is 0.779. The van der Waals surface area contributed by atoms with Crippen LogP contribution in [0.3, 0.4) is 0 Å². The molecule has 1 N–H and O–H groups in total. The highest BCUT2D eigenvalue weighted by Crippen LogP contribution is 2.20. The van der Waals surface area contributed by atoms with Crippen molar-refractivity contribution < 1.29 is 0 Å². The molecule has 1 aromatic rings. The van der Waals surface area contributed by atoms with Crippen molar-refractivity contribution >= 4 is 11.6 Å². The summed E-state index contributed by atoms with van der Waals surface area (Å²) in [4.78, 5) is 0. The van der Waals surface area contributed by atoms with Crippen molar-refractivity contribution in [3.8, 4) is 0 Å². The van der Waals surface area contributed by atoms with Crippen molar-refractivity contribution in [2.45, 2.75) is 33.6 Å². The molecule has 0 aliphatic carbocycles. The molecule has 0 aliphatic rings. The average Bonchev–Trinajstić information content (AvgIpc) is 2.43. The molecule has 0 saturated heterocycles. The molecule has 0 spiro atoms. The Morgan fingerprint density at radius 2 is 2.12 bits per heavy atom. The lowest BCUT2D eigenvalue weighted by atomic mass is 10.2. The van der Waals surface area contributed by atoms with E-state index in [1.54, 1.807) is 0 Å². The maximum Gasteiger partial charge on any atom is 0.0846 e. The van der Waals surface area contributed by atoms with Crippen LogP contribution in [0, 0.1) is 12.8 Å². The number of aromatic nitrogens is 2. The van der Waals surface area contributed by atoms with E-state index in [4.69, 9.17) is 11.6 Å². The van der Waals surface area contributed by atoms with Crippen LogP contribution in [-0.4, -0.2) is 22.9 Å². The molecule has 0 radical (unpaired) electrons. The Morgan fingerprint density at radius 1 is 1.44 bits per heavy atom. The molecular weight excluding hydrogens is 222 g/mol. The van der Waals surface area contributed by atoms with E-state index in [0.29, 0.717) is 5.92 Å². The van der Waals surface area contributed by atoms with Crippen molar-refractivity contribution in [1.29, 1.82) is 0 Å². The first kappa shape index (κ1) is 13.5. The number of rotatable bonds is 6. The van der Waals surface area contributed by atoms with Gasteiger partial charge in [0.15, 0.2) is 0 Å². The van der Waals surface area contributed by atoms with Gasteiger partial charge in [-0.25, -0.2) is 0 Å². The Bertz CT molecular complexity index is 331. The SMILES string of the molecule is Cc1nn(C)c(CCCNCC(C)C)c1Cl. The second-order valence-corrected chi connectivity index (χ2v) is 5.05. The van der Waals surface area contributed by atoms with Crippen LogP contribution in [0.1, 0.15) is 31.7 Å². The number of hydrogen-bond acceptors (Lipinski definition) is 2.